The molecule has 5 rings (SSSR count). The summed E-state index contributed by atoms with van der Waals surface area (Å²) >= 11 is 1.64. The Hall–Kier alpha value is -1.22. The predicted molar refractivity (Wildman–Crippen MR) is 121 cm³/mol. The van der Waals surface area contributed by atoms with Crippen LogP contribution in [0.25, 0.3) is 0 Å². The third-order valence-electron chi connectivity index (χ3n) is 6.00. The van der Waals surface area contributed by atoms with Crippen LogP contribution in [-0.2, 0) is 21.5 Å². The molecule has 30 heavy (non-hydrogen) atoms. The first kappa shape index (κ1) is 23.4. The number of carbonyl (C=O) groups is 1. The zero-order valence-electron chi connectivity index (χ0n) is 16.7. The quantitative estimate of drug-likeness (QED) is 0.727. The molecular weight excluding hydrogens is 445 g/mol. The van der Waals surface area contributed by atoms with E-state index in [1.165, 1.54) is 10.4 Å². The van der Waals surface area contributed by atoms with Crippen molar-refractivity contribution in [3.05, 3.63) is 51.5 Å². The molecule has 164 valence electrons. The molecule has 2 aromatic heterocycles. The van der Waals surface area contributed by atoms with Crippen LogP contribution in [0.4, 0.5) is 0 Å². The maximum atomic E-state index is 13.3. The second-order valence-corrected chi connectivity index (χ2v) is 8.76. The lowest BCUT2D eigenvalue weighted by molar-refractivity contribution is -0.0771. The van der Waals surface area contributed by atoms with E-state index in [2.05, 4.69) is 16.4 Å². The molecule has 0 aromatic carbocycles. The first-order valence-corrected chi connectivity index (χ1v) is 10.9. The number of nitrogens with zero attached hydrogens (tertiary/aromatic N) is 2. The van der Waals surface area contributed by atoms with Crippen molar-refractivity contribution in [1.82, 2.24) is 15.2 Å². The Morgan fingerprint density at radius 3 is 2.87 bits per heavy atom. The maximum Gasteiger partial charge on any atom is 0.264 e. The van der Waals surface area contributed by atoms with E-state index in [-0.39, 0.29) is 42.4 Å². The van der Waals surface area contributed by atoms with Crippen LogP contribution in [0.15, 0.2) is 30.6 Å². The smallest absolute Gasteiger partial charge is 0.264 e. The number of morpholine rings is 1. The molecule has 3 aliphatic heterocycles. The van der Waals surface area contributed by atoms with Gasteiger partial charge in [-0.25, -0.2) is 0 Å². The van der Waals surface area contributed by atoms with E-state index in [1.54, 1.807) is 17.5 Å². The van der Waals surface area contributed by atoms with Gasteiger partial charge in [0.25, 0.3) is 5.91 Å². The molecule has 2 aromatic rings. The lowest BCUT2D eigenvalue weighted by Gasteiger charge is -2.40. The van der Waals surface area contributed by atoms with E-state index in [0.717, 1.165) is 49.4 Å². The van der Waals surface area contributed by atoms with Crippen LogP contribution in [0, 0.1) is 0 Å². The van der Waals surface area contributed by atoms with E-state index in [9.17, 15) is 4.79 Å². The Morgan fingerprint density at radius 1 is 1.27 bits per heavy atom. The normalized spacial score (nSPS) is 22.5. The van der Waals surface area contributed by atoms with Gasteiger partial charge in [-0.15, -0.1) is 36.2 Å². The highest BCUT2D eigenvalue weighted by Gasteiger charge is 2.41. The number of aromatic nitrogens is 1. The fourth-order valence-electron chi connectivity index (χ4n) is 4.49. The number of carbonyl (C=O) groups excluding carboxylic acids is 1. The van der Waals surface area contributed by atoms with Crippen molar-refractivity contribution in [1.29, 1.82) is 0 Å². The summed E-state index contributed by atoms with van der Waals surface area (Å²) in [6.45, 7) is 4.43. The number of fused-ring (bicyclic) bond motifs is 2. The van der Waals surface area contributed by atoms with Crippen LogP contribution >= 0.6 is 36.2 Å². The highest BCUT2D eigenvalue weighted by molar-refractivity contribution is 7.14. The molecule has 6 nitrogen and oxygen atoms in total. The Bertz CT molecular complexity index is 858. The van der Waals surface area contributed by atoms with Crippen molar-refractivity contribution in [2.75, 3.05) is 39.4 Å². The number of pyridine rings is 1. The third-order valence-corrected chi connectivity index (χ3v) is 7.36. The van der Waals surface area contributed by atoms with Crippen LogP contribution in [0.1, 0.15) is 44.6 Å². The Morgan fingerprint density at radius 2 is 2.10 bits per heavy atom. The molecule has 9 heteroatoms. The summed E-state index contributed by atoms with van der Waals surface area (Å²) in [4.78, 5) is 21.5. The first-order chi connectivity index (χ1) is 13.8. The van der Waals surface area contributed by atoms with Crippen molar-refractivity contribution in [2.24, 2.45) is 0 Å². The zero-order valence-corrected chi connectivity index (χ0v) is 19.1. The topological polar surface area (TPSA) is 63.7 Å². The molecule has 1 N–H and O–H groups in total. The minimum atomic E-state index is -0.189. The van der Waals surface area contributed by atoms with Gasteiger partial charge in [-0.1, -0.05) is 6.07 Å². The maximum absolute atomic E-state index is 13.3. The molecule has 0 radical (unpaired) electrons. The van der Waals surface area contributed by atoms with Crippen LogP contribution in [0.3, 0.4) is 0 Å². The monoisotopic (exact) mass is 471 g/mol. The third kappa shape index (κ3) is 4.38. The van der Waals surface area contributed by atoms with E-state index < -0.39 is 0 Å². The molecule has 1 atom stereocenters. The molecule has 5 heterocycles. The fourth-order valence-corrected chi connectivity index (χ4v) is 5.87. The number of hydrogen-bond donors (Lipinski definition) is 1. The summed E-state index contributed by atoms with van der Waals surface area (Å²) in [6.07, 6.45) is 6.32. The SMILES string of the molecule is Cl.Cl.O=C(c1cc2c(s1)C1(CCNCC1)OCC2)N1CCOC(c2cccnc2)C1. The second-order valence-electron chi connectivity index (χ2n) is 7.70. The van der Waals surface area contributed by atoms with Crippen LogP contribution in [0.2, 0.25) is 0 Å². The molecule has 1 unspecified atom stereocenters. The molecule has 2 saturated heterocycles. The van der Waals surface area contributed by atoms with Gasteiger partial charge in [0.1, 0.15) is 11.7 Å². The number of amides is 1. The molecule has 1 amide bonds. The minimum absolute atomic E-state index is 0. The summed E-state index contributed by atoms with van der Waals surface area (Å²) in [7, 11) is 0. The van der Waals surface area contributed by atoms with Crippen LogP contribution in [0.5, 0.6) is 0 Å². The van der Waals surface area contributed by atoms with Crippen molar-refractivity contribution >= 4 is 42.1 Å². The van der Waals surface area contributed by atoms with Gasteiger partial charge in [-0.3, -0.25) is 9.78 Å². The Kier molecular flexibility index (Phi) is 7.76. The summed E-state index contributed by atoms with van der Waals surface area (Å²) in [5.41, 5.74) is 2.14. The summed E-state index contributed by atoms with van der Waals surface area (Å²) in [5.74, 6) is 0.112. The second kappa shape index (κ2) is 9.94. The van der Waals surface area contributed by atoms with E-state index in [0.29, 0.717) is 19.7 Å². The number of hydrogen-bond acceptors (Lipinski definition) is 6. The van der Waals surface area contributed by atoms with Crippen molar-refractivity contribution < 1.29 is 14.3 Å². The highest BCUT2D eigenvalue weighted by Crippen LogP contribution is 2.44. The van der Waals surface area contributed by atoms with Gasteiger partial charge in [-0.2, -0.15) is 0 Å². The number of halogens is 2. The van der Waals surface area contributed by atoms with Crippen molar-refractivity contribution in [2.45, 2.75) is 31.0 Å². The lowest BCUT2D eigenvalue weighted by atomic mass is 9.86. The average Bonchev–Trinajstić information content (AvgIpc) is 3.21. The Labute approximate surface area is 193 Å². The first-order valence-electron chi connectivity index (χ1n) is 10.0. The largest absolute Gasteiger partial charge is 0.370 e. The number of thiophene rings is 1. The molecule has 0 bridgehead atoms. The average molecular weight is 472 g/mol. The van der Waals surface area contributed by atoms with E-state index >= 15 is 0 Å². The standard InChI is InChI=1S/C21H25N3O3S.2ClH/c25-20(24-9-11-26-17(14-24)16-2-1-6-23-13-16)18-12-15-3-10-27-21(19(15)28-18)4-7-22-8-5-21;;/h1-2,6,12-13,17,22H,3-5,7-11,14H2;2*1H. The number of rotatable bonds is 2. The van der Waals surface area contributed by atoms with Gasteiger partial charge in [-0.05, 0) is 50.0 Å². The van der Waals surface area contributed by atoms with Gasteiger partial charge in [0.2, 0.25) is 0 Å². The highest BCUT2D eigenvalue weighted by atomic mass is 35.5. The minimum Gasteiger partial charge on any atom is -0.370 e. The van der Waals surface area contributed by atoms with E-state index in [1.807, 2.05) is 23.2 Å². The van der Waals surface area contributed by atoms with Crippen molar-refractivity contribution in [3.8, 4) is 0 Å². The molecular formula is C21H27Cl2N3O3S. The van der Waals surface area contributed by atoms with Gasteiger partial charge in [0, 0.05) is 29.4 Å². The van der Waals surface area contributed by atoms with Crippen LogP contribution in [-0.4, -0.2) is 55.2 Å². The molecule has 1 spiro atoms. The summed E-state index contributed by atoms with van der Waals surface area (Å²) in [6, 6.07) is 6.03. The summed E-state index contributed by atoms with van der Waals surface area (Å²) in [5, 5.41) is 3.42. The number of ether oxygens (including phenoxy) is 2. The Balaban J connectivity index is 0.00000128. The van der Waals surface area contributed by atoms with Gasteiger partial charge in [0.15, 0.2) is 0 Å². The van der Waals surface area contributed by atoms with Crippen molar-refractivity contribution in [3.63, 3.8) is 0 Å². The predicted octanol–water partition coefficient (Wildman–Crippen LogP) is 3.35. The van der Waals surface area contributed by atoms with Gasteiger partial charge in [0.05, 0.1) is 24.6 Å². The van der Waals surface area contributed by atoms with Gasteiger partial charge >= 0.3 is 0 Å². The molecule has 2 fully saturated rings. The fraction of sp³-hybridized carbons (Fsp3) is 0.524. The molecule has 3 aliphatic rings. The lowest BCUT2D eigenvalue weighted by Crippen LogP contribution is -2.44. The van der Waals surface area contributed by atoms with Gasteiger partial charge < -0.3 is 19.7 Å². The molecule has 0 aliphatic carbocycles. The molecule has 0 saturated carbocycles. The van der Waals surface area contributed by atoms with E-state index in [4.69, 9.17) is 9.47 Å². The number of piperidine rings is 1. The zero-order chi connectivity index (χ0) is 19.0. The number of nitrogens with one attached hydrogen (secondary N) is 1. The summed E-state index contributed by atoms with van der Waals surface area (Å²) < 4.78 is 12.2. The van der Waals surface area contributed by atoms with Crippen LogP contribution < -0.4 is 5.32 Å².